The van der Waals surface area contributed by atoms with Gasteiger partial charge in [-0.1, -0.05) is 19.1 Å². The zero-order valence-corrected chi connectivity index (χ0v) is 13.3. The van der Waals surface area contributed by atoms with E-state index in [2.05, 4.69) is 70.9 Å². The number of hydrogen-bond acceptors (Lipinski definition) is 2. The van der Waals surface area contributed by atoms with Crippen molar-refractivity contribution in [3.63, 3.8) is 0 Å². The van der Waals surface area contributed by atoms with E-state index in [9.17, 15) is 0 Å². The maximum Gasteiger partial charge on any atom is 0.0208 e. The van der Waals surface area contributed by atoms with Gasteiger partial charge in [0.05, 0.1) is 0 Å². The van der Waals surface area contributed by atoms with Gasteiger partial charge < -0.3 is 5.32 Å². The van der Waals surface area contributed by atoms with E-state index in [1.807, 2.05) is 0 Å². The van der Waals surface area contributed by atoms with Gasteiger partial charge in [0.25, 0.3) is 0 Å². The Morgan fingerprint density at radius 3 is 2.76 bits per heavy atom. The summed E-state index contributed by atoms with van der Waals surface area (Å²) in [6.45, 7) is 3.28. The second-order valence-corrected chi connectivity index (χ2v) is 7.42. The predicted octanol–water partition coefficient (Wildman–Crippen LogP) is 4.06. The Balaban J connectivity index is 1.74. The van der Waals surface area contributed by atoms with Gasteiger partial charge >= 0.3 is 0 Å². The molecule has 1 aromatic carbocycles. The topological polar surface area (TPSA) is 12.0 Å². The first kappa shape index (κ1) is 13.7. The van der Waals surface area contributed by atoms with Crippen LogP contribution in [0.15, 0.2) is 24.3 Å². The summed E-state index contributed by atoms with van der Waals surface area (Å²) in [6.07, 6.45) is 4.09. The number of thioether (sulfide) groups is 1. The molecule has 3 heteroatoms. The summed E-state index contributed by atoms with van der Waals surface area (Å²) in [6, 6.07) is 9.55. The zero-order valence-electron chi connectivity index (χ0n) is 10.3. The number of hydrogen-bond donors (Lipinski definition) is 1. The lowest BCUT2D eigenvalue weighted by Crippen LogP contribution is -2.26. The first-order valence-electron chi connectivity index (χ1n) is 6.37. The molecule has 1 fully saturated rings. The first-order valence-corrected chi connectivity index (χ1v) is 8.50. The van der Waals surface area contributed by atoms with Crippen molar-refractivity contribution in [1.29, 1.82) is 0 Å². The van der Waals surface area contributed by atoms with E-state index in [0.717, 1.165) is 17.8 Å². The summed E-state index contributed by atoms with van der Waals surface area (Å²) in [7, 11) is 0. The van der Waals surface area contributed by atoms with Crippen LogP contribution < -0.4 is 5.32 Å². The molecule has 0 saturated heterocycles. The lowest BCUT2D eigenvalue weighted by molar-refractivity contribution is 0.525. The minimum Gasteiger partial charge on any atom is -0.310 e. The second-order valence-electron chi connectivity index (χ2n) is 4.59. The molecule has 0 radical (unpaired) electrons. The normalized spacial score (nSPS) is 24.1. The zero-order chi connectivity index (χ0) is 12.1. The van der Waals surface area contributed by atoms with Gasteiger partial charge in [0.15, 0.2) is 0 Å². The van der Waals surface area contributed by atoms with Crippen LogP contribution in [0.5, 0.6) is 0 Å². The van der Waals surface area contributed by atoms with E-state index in [1.54, 1.807) is 0 Å². The molecule has 0 aliphatic heterocycles. The highest BCUT2D eigenvalue weighted by Gasteiger charge is 2.23. The molecule has 2 rings (SSSR count). The Morgan fingerprint density at radius 1 is 1.29 bits per heavy atom. The van der Waals surface area contributed by atoms with E-state index >= 15 is 0 Å². The van der Waals surface area contributed by atoms with Crippen LogP contribution in [-0.4, -0.2) is 17.0 Å². The fraction of sp³-hybridized carbons (Fsp3) is 0.571. The fourth-order valence-corrected chi connectivity index (χ4v) is 3.88. The molecular weight excluding hydrogens is 341 g/mol. The van der Waals surface area contributed by atoms with E-state index < -0.39 is 0 Å². The third-order valence-corrected chi connectivity index (χ3v) is 5.25. The Hall–Kier alpha value is 0.260. The molecule has 94 valence electrons. The van der Waals surface area contributed by atoms with Gasteiger partial charge in [0, 0.05) is 21.4 Å². The molecule has 1 nitrogen and oxygen atoms in total. The van der Waals surface area contributed by atoms with Crippen molar-refractivity contribution in [3.05, 3.63) is 33.4 Å². The lowest BCUT2D eigenvalue weighted by Gasteiger charge is -2.13. The summed E-state index contributed by atoms with van der Waals surface area (Å²) in [4.78, 5) is 0. The SMILES string of the molecule is CCSC1CCC(NCc2ccc(I)cc2)C1. The van der Waals surface area contributed by atoms with Crippen molar-refractivity contribution < 1.29 is 0 Å². The van der Waals surface area contributed by atoms with Crippen LogP contribution >= 0.6 is 34.4 Å². The number of nitrogens with one attached hydrogen (secondary N) is 1. The number of benzene rings is 1. The van der Waals surface area contributed by atoms with Crippen molar-refractivity contribution in [2.75, 3.05) is 5.75 Å². The predicted molar refractivity (Wildman–Crippen MR) is 85.6 cm³/mol. The Bertz CT molecular complexity index is 339. The molecule has 0 spiro atoms. The van der Waals surface area contributed by atoms with Crippen LogP contribution in [0.4, 0.5) is 0 Å². The van der Waals surface area contributed by atoms with Crippen LogP contribution in [0, 0.1) is 3.57 Å². The molecule has 17 heavy (non-hydrogen) atoms. The minimum atomic E-state index is 0.735. The Morgan fingerprint density at radius 2 is 2.06 bits per heavy atom. The first-order chi connectivity index (χ1) is 8.28. The van der Waals surface area contributed by atoms with Gasteiger partial charge in [-0.2, -0.15) is 11.8 Å². The minimum absolute atomic E-state index is 0.735. The molecule has 1 aliphatic rings. The highest BCUT2D eigenvalue weighted by atomic mass is 127. The van der Waals surface area contributed by atoms with E-state index in [0.29, 0.717) is 0 Å². The van der Waals surface area contributed by atoms with E-state index in [1.165, 1.54) is 34.1 Å². The highest BCUT2D eigenvalue weighted by Crippen LogP contribution is 2.29. The quantitative estimate of drug-likeness (QED) is 0.794. The number of halogens is 1. The fourth-order valence-electron chi connectivity index (χ4n) is 2.38. The molecule has 1 N–H and O–H groups in total. The molecule has 1 aromatic rings. The van der Waals surface area contributed by atoms with Gasteiger partial charge in [0.2, 0.25) is 0 Å². The van der Waals surface area contributed by atoms with Crippen LogP contribution in [0.1, 0.15) is 31.7 Å². The molecule has 2 unspecified atom stereocenters. The Kier molecular flexibility index (Phi) is 5.63. The Labute approximate surface area is 122 Å². The molecule has 2 atom stereocenters. The van der Waals surface area contributed by atoms with Crippen LogP contribution in [-0.2, 0) is 6.54 Å². The molecule has 0 heterocycles. The second kappa shape index (κ2) is 7.00. The summed E-state index contributed by atoms with van der Waals surface area (Å²) in [5, 5.41) is 4.59. The average molecular weight is 361 g/mol. The van der Waals surface area contributed by atoms with Gasteiger partial charge in [-0.05, 0) is 65.3 Å². The van der Waals surface area contributed by atoms with Gasteiger partial charge in [-0.25, -0.2) is 0 Å². The van der Waals surface area contributed by atoms with Gasteiger partial charge in [0.1, 0.15) is 0 Å². The summed E-state index contributed by atoms with van der Waals surface area (Å²) in [5.74, 6) is 1.26. The van der Waals surface area contributed by atoms with Crippen LogP contribution in [0.25, 0.3) is 0 Å². The molecular formula is C14H20INS. The number of rotatable bonds is 5. The lowest BCUT2D eigenvalue weighted by atomic mass is 10.2. The molecule has 1 aliphatic carbocycles. The summed E-state index contributed by atoms with van der Waals surface area (Å²) >= 11 is 4.48. The summed E-state index contributed by atoms with van der Waals surface area (Å²) in [5.41, 5.74) is 1.40. The standard InChI is InChI=1S/C14H20INS/c1-2-17-14-8-7-13(9-14)16-10-11-3-5-12(15)6-4-11/h3-6,13-14,16H,2,7-10H2,1H3. The van der Waals surface area contributed by atoms with Gasteiger partial charge in [-0.15, -0.1) is 0 Å². The van der Waals surface area contributed by atoms with Crippen LogP contribution in [0.3, 0.4) is 0 Å². The van der Waals surface area contributed by atoms with Gasteiger partial charge in [-0.3, -0.25) is 0 Å². The van der Waals surface area contributed by atoms with Crippen molar-refractivity contribution in [2.24, 2.45) is 0 Å². The third-order valence-electron chi connectivity index (χ3n) is 3.30. The average Bonchev–Trinajstić information content (AvgIpc) is 2.77. The van der Waals surface area contributed by atoms with Crippen molar-refractivity contribution in [1.82, 2.24) is 5.32 Å². The van der Waals surface area contributed by atoms with Crippen LogP contribution in [0.2, 0.25) is 0 Å². The third kappa shape index (κ3) is 4.45. The molecule has 1 saturated carbocycles. The summed E-state index contributed by atoms with van der Waals surface area (Å²) < 4.78 is 1.31. The maximum atomic E-state index is 3.69. The van der Waals surface area contributed by atoms with Crippen molar-refractivity contribution in [2.45, 2.75) is 44.0 Å². The maximum absolute atomic E-state index is 3.69. The van der Waals surface area contributed by atoms with E-state index in [4.69, 9.17) is 0 Å². The largest absolute Gasteiger partial charge is 0.310 e. The molecule has 0 bridgehead atoms. The molecule has 0 aromatic heterocycles. The highest BCUT2D eigenvalue weighted by molar-refractivity contribution is 14.1. The smallest absolute Gasteiger partial charge is 0.0208 e. The monoisotopic (exact) mass is 361 g/mol. The van der Waals surface area contributed by atoms with Crippen molar-refractivity contribution >= 4 is 34.4 Å². The van der Waals surface area contributed by atoms with Crippen molar-refractivity contribution in [3.8, 4) is 0 Å². The van der Waals surface area contributed by atoms with E-state index in [-0.39, 0.29) is 0 Å². The molecule has 0 amide bonds.